The van der Waals surface area contributed by atoms with E-state index in [1.807, 2.05) is 30.3 Å². The van der Waals surface area contributed by atoms with Gasteiger partial charge in [0.1, 0.15) is 0 Å². The third-order valence-corrected chi connectivity index (χ3v) is 6.75. The van der Waals surface area contributed by atoms with Crippen LogP contribution in [-0.4, -0.2) is 30.1 Å². The van der Waals surface area contributed by atoms with Crippen molar-refractivity contribution in [1.29, 1.82) is 0 Å². The first-order chi connectivity index (χ1) is 14.8. The average molecular weight is 406 g/mol. The van der Waals surface area contributed by atoms with E-state index in [2.05, 4.69) is 45.9 Å². The maximum absolute atomic E-state index is 12.5. The van der Waals surface area contributed by atoms with Gasteiger partial charge in [-0.15, -0.1) is 0 Å². The molecule has 4 rings (SSSR count). The standard InChI is InChI=1S/C26H35N3O/c30-26(27-24-14-5-2-6-15-24)28-25-16-8-7-13-23(25)18-22-12-9-17-29(20-22)19-21-10-3-1-4-11-21/h1-6,10-11,14-15,22-23,25H,7-9,12-13,16-20H2,(H2,27,28,30)/t22-,23+,25-/m1/s1. The van der Waals surface area contributed by atoms with Gasteiger partial charge in [0.05, 0.1) is 0 Å². The second-order valence-corrected chi connectivity index (χ2v) is 9.08. The minimum absolute atomic E-state index is 0.0625. The summed E-state index contributed by atoms with van der Waals surface area (Å²) in [6.07, 6.45) is 8.71. The first-order valence-electron chi connectivity index (χ1n) is 11.6. The molecule has 2 aliphatic rings. The Balaban J connectivity index is 1.29. The zero-order chi connectivity index (χ0) is 20.6. The van der Waals surface area contributed by atoms with Crippen LogP contribution in [0.2, 0.25) is 0 Å². The number of piperidine rings is 1. The van der Waals surface area contributed by atoms with Crippen molar-refractivity contribution in [3.05, 3.63) is 66.2 Å². The van der Waals surface area contributed by atoms with Crippen molar-refractivity contribution in [3.63, 3.8) is 0 Å². The number of benzene rings is 2. The van der Waals surface area contributed by atoms with Crippen LogP contribution >= 0.6 is 0 Å². The molecule has 1 saturated heterocycles. The number of hydrogen-bond donors (Lipinski definition) is 2. The molecule has 2 amide bonds. The van der Waals surface area contributed by atoms with Crippen molar-refractivity contribution < 1.29 is 4.79 Å². The van der Waals surface area contributed by atoms with Crippen LogP contribution in [0.4, 0.5) is 10.5 Å². The lowest BCUT2D eigenvalue weighted by molar-refractivity contribution is 0.131. The van der Waals surface area contributed by atoms with Gasteiger partial charge in [0, 0.05) is 24.8 Å². The van der Waals surface area contributed by atoms with Gasteiger partial charge < -0.3 is 10.6 Å². The molecule has 0 bridgehead atoms. The number of amides is 2. The topological polar surface area (TPSA) is 44.4 Å². The van der Waals surface area contributed by atoms with E-state index in [9.17, 15) is 4.79 Å². The quantitative estimate of drug-likeness (QED) is 0.650. The lowest BCUT2D eigenvalue weighted by Gasteiger charge is -2.38. The molecule has 160 valence electrons. The fraction of sp³-hybridized carbons (Fsp3) is 0.500. The first-order valence-corrected chi connectivity index (χ1v) is 11.6. The molecule has 1 saturated carbocycles. The smallest absolute Gasteiger partial charge is 0.319 e. The Morgan fingerprint density at radius 2 is 1.63 bits per heavy atom. The fourth-order valence-corrected chi connectivity index (χ4v) is 5.29. The average Bonchev–Trinajstić information content (AvgIpc) is 2.77. The zero-order valence-electron chi connectivity index (χ0n) is 17.9. The number of carbonyl (C=O) groups is 1. The maximum Gasteiger partial charge on any atom is 0.319 e. The van der Waals surface area contributed by atoms with Crippen LogP contribution in [-0.2, 0) is 6.54 Å². The largest absolute Gasteiger partial charge is 0.335 e. The normalized spacial score (nSPS) is 24.9. The van der Waals surface area contributed by atoms with Gasteiger partial charge in [-0.25, -0.2) is 4.79 Å². The van der Waals surface area contributed by atoms with Crippen LogP contribution in [0.5, 0.6) is 0 Å². The highest BCUT2D eigenvalue weighted by molar-refractivity contribution is 5.89. The van der Waals surface area contributed by atoms with E-state index in [0.717, 1.165) is 24.6 Å². The number of urea groups is 1. The molecular weight excluding hydrogens is 370 g/mol. The Labute approximate surface area is 181 Å². The molecule has 1 heterocycles. The summed E-state index contributed by atoms with van der Waals surface area (Å²) in [5.41, 5.74) is 2.26. The molecule has 4 nitrogen and oxygen atoms in total. The van der Waals surface area contributed by atoms with Gasteiger partial charge in [-0.1, -0.05) is 61.4 Å². The second-order valence-electron chi connectivity index (χ2n) is 9.08. The minimum Gasteiger partial charge on any atom is -0.335 e. The van der Waals surface area contributed by atoms with Crippen LogP contribution in [0.25, 0.3) is 0 Å². The number of para-hydroxylation sites is 1. The Bertz CT molecular complexity index is 779. The summed E-state index contributed by atoms with van der Waals surface area (Å²) >= 11 is 0. The summed E-state index contributed by atoms with van der Waals surface area (Å²) in [7, 11) is 0. The molecule has 4 heteroatoms. The Morgan fingerprint density at radius 1 is 0.900 bits per heavy atom. The van der Waals surface area contributed by atoms with E-state index in [0.29, 0.717) is 12.0 Å². The Hall–Kier alpha value is -2.33. The predicted molar refractivity (Wildman–Crippen MR) is 123 cm³/mol. The van der Waals surface area contributed by atoms with Crippen molar-refractivity contribution in [1.82, 2.24) is 10.2 Å². The van der Waals surface area contributed by atoms with E-state index in [4.69, 9.17) is 0 Å². The number of anilines is 1. The molecule has 0 aromatic heterocycles. The lowest BCUT2D eigenvalue weighted by Crippen LogP contribution is -2.45. The minimum atomic E-state index is -0.0625. The highest BCUT2D eigenvalue weighted by atomic mass is 16.2. The van der Waals surface area contributed by atoms with Crippen LogP contribution in [0.15, 0.2) is 60.7 Å². The lowest BCUT2D eigenvalue weighted by atomic mass is 9.77. The monoisotopic (exact) mass is 405 g/mol. The molecule has 0 unspecified atom stereocenters. The Kier molecular flexibility index (Phi) is 7.41. The molecule has 0 radical (unpaired) electrons. The van der Waals surface area contributed by atoms with Crippen molar-refractivity contribution in [2.75, 3.05) is 18.4 Å². The number of nitrogens with one attached hydrogen (secondary N) is 2. The molecule has 2 N–H and O–H groups in total. The van der Waals surface area contributed by atoms with E-state index in [1.54, 1.807) is 0 Å². The van der Waals surface area contributed by atoms with Gasteiger partial charge in [-0.3, -0.25) is 4.90 Å². The van der Waals surface area contributed by atoms with Crippen molar-refractivity contribution >= 4 is 11.7 Å². The summed E-state index contributed by atoms with van der Waals surface area (Å²) < 4.78 is 0. The number of rotatable bonds is 6. The molecule has 1 aliphatic heterocycles. The third kappa shape index (κ3) is 6.09. The molecule has 2 aromatic carbocycles. The van der Waals surface area contributed by atoms with Gasteiger partial charge in [0.25, 0.3) is 0 Å². The summed E-state index contributed by atoms with van der Waals surface area (Å²) in [5.74, 6) is 1.34. The van der Waals surface area contributed by atoms with E-state index in [1.165, 1.54) is 57.2 Å². The molecule has 1 aliphatic carbocycles. The Morgan fingerprint density at radius 3 is 2.43 bits per heavy atom. The summed E-state index contributed by atoms with van der Waals surface area (Å²) in [5, 5.41) is 6.28. The number of likely N-dealkylation sites (tertiary alicyclic amines) is 1. The molecular formula is C26H35N3O. The molecule has 30 heavy (non-hydrogen) atoms. The second kappa shape index (κ2) is 10.6. The van der Waals surface area contributed by atoms with Gasteiger partial charge in [-0.2, -0.15) is 0 Å². The van der Waals surface area contributed by atoms with Crippen molar-refractivity contribution in [2.24, 2.45) is 11.8 Å². The van der Waals surface area contributed by atoms with Crippen LogP contribution in [0.1, 0.15) is 50.5 Å². The molecule has 2 fully saturated rings. The van der Waals surface area contributed by atoms with Gasteiger partial charge >= 0.3 is 6.03 Å². The molecule has 0 spiro atoms. The van der Waals surface area contributed by atoms with E-state index < -0.39 is 0 Å². The fourth-order valence-electron chi connectivity index (χ4n) is 5.29. The van der Waals surface area contributed by atoms with Crippen LogP contribution in [0.3, 0.4) is 0 Å². The first kappa shape index (κ1) is 20.9. The highest BCUT2D eigenvalue weighted by Crippen LogP contribution is 2.33. The van der Waals surface area contributed by atoms with Crippen molar-refractivity contribution in [3.8, 4) is 0 Å². The van der Waals surface area contributed by atoms with Gasteiger partial charge in [0.2, 0.25) is 0 Å². The van der Waals surface area contributed by atoms with Gasteiger partial charge in [0.15, 0.2) is 0 Å². The van der Waals surface area contributed by atoms with E-state index >= 15 is 0 Å². The zero-order valence-corrected chi connectivity index (χ0v) is 17.9. The summed E-state index contributed by atoms with van der Waals surface area (Å²) in [6.45, 7) is 3.45. The predicted octanol–water partition coefficient (Wildman–Crippen LogP) is 5.67. The number of carbonyl (C=O) groups excluding carboxylic acids is 1. The summed E-state index contributed by atoms with van der Waals surface area (Å²) in [6, 6.07) is 20.8. The number of hydrogen-bond acceptors (Lipinski definition) is 2. The molecule has 2 aromatic rings. The highest BCUT2D eigenvalue weighted by Gasteiger charge is 2.30. The SMILES string of the molecule is O=C(Nc1ccccc1)N[C@@H]1CCCC[C@H]1C[C@H]1CCCN(Cc2ccccc2)C1. The van der Waals surface area contributed by atoms with E-state index in [-0.39, 0.29) is 6.03 Å². The third-order valence-electron chi connectivity index (χ3n) is 6.75. The maximum atomic E-state index is 12.5. The van der Waals surface area contributed by atoms with Crippen LogP contribution < -0.4 is 10.6 Å². The van der Waals surface area contributed by atoms with Gasteiger partial charge in [-0.05, 0) is 68.2 Å². The van der Waals surface area contributed by atoms with Crippen molar-refractivity contribution in [2.45, 2.75) is 57.5 Å². The van der Waals surface area contributed by atoms with Crippen LogP contribution in [0, 0.1) is 11.8 Å². The number of nitrogens with zero attached hydrogens (tertiary/aromatic N) is 1. The molecule has 3 atom stereocenters. The summed E-state index contributed by atoms with van der Waals surface area (Å²) in [4.78, 5) is 15.2.